The molecule has 0 saturated carbocycles. The van der Waals surface area contributed by atoms with Gasteiger partial charge in [-0.25, -0.2) is 0 Å². The van der Waals surface area contributed by atoms with Crippen molar-refractivity contribution in [2.24, 2.45) is 0 Å². The SMILES string of the molecule is CCCC(=O)Nc1ccc(NC(=O)CNCc2ccccc2Cl)cc1. The van der Waals surface area contributed by atoms with E-state index in [1.807, 2.05) is 31.2 Å². The fourth-order valence-electron chi connectivity index (χ4n) is 2.25. The average Bonchev–Trinajstić information content (AvgIpc) is 2.58. The van der Waals surface area contributed by atoms with E-state index in [1.165, 1.54) is 0 Å². The predicted molar refractivity (Wildman–Crippen MR) is 102 cm³/mol. The van der Waals surface area contributed by atoms with E-state index in [2.05, 4.69) is 16.0 Å². The molecule has 0 radical (unpaired) electrons. The van der Waals surface area contributed by atoms with Crippen LogP contribution in [0.4, 0.5) is 11.4 Å². The lowest BCUT2D eigenvalue weighted by Gasteiger charge is -2.09. The molecule has 2 aromatic carbocycles. The first-order chi connectivity index (χ1) is 12.1. The van der Waals surface area contributed by atoms with Gasteiger partial charge >= 0.3 is 0 Å². The van der Waals surface area contributed by atoms with Crippen molar-refractivity contribution >= 4 is 34.8 Å². The van der Waals surface area contributed by atoms with Crippen LogP contribution in [-0.4, -0.2) is 18.4 Å². The minimum absolute atomic E-state index is 0.0111. The third-order valence-electron chi connectivity index (χ3n) is 3.49. The van der Waals surface area contributed by atoms with Crippen molar-refractivity contribution in [2.75, 3.05) is 17.2 Å². The van der Waals surface area contributed by atoms with Gasteiger partial charge in [-0.1, -0.05) is 36.7 Å². The summed E-state index contributed by atoms with van der Waals surface area (Å²) < 4.78 is 0. The largest absolute Gasteiger partial charge is 0.326 e. The molecule has 0 aliphatic heterocycles. The number of rotatable bonds is 8. The van der Waals surface area contributed by atoms with Gasteiger partial charge in [-0.3, -0.25) is 9.59 Å². The number of anilines is 2. The zero-order chi connectivity index (χ0) is 18.1. The first-order valence-corrected chi connectivity index (χ1v) is 8.60. The molecule has 25 heavy (non-hydrogen) atoms. The molecule has 0 unspecified atom stereocenters. The van der Waals surface area contributed by atoms with Gasteiger partial charge in [0.15, 0.2) is 0 Å². The maximum absolute atomic E-state index is 12.0. The number of carbonyl (C=O) groups is 2. The monoisotopic (exact) mass is 359 g/mol. The fourth-order valence-corrected chi connectivity index (χ4v) is 2.45. The summed E-state index contributed by atoms with van der Waals surface area (Å²) in [5, 5.41) is 9.34. The standard InChI is InChI=1S/C19H22ClN3O2/c1-2-5-18(24)22-15-8-10-16(11-9-15)23-19(25)13-21-12-14-6-3-4-7-17(14)20/h3-4,6-11,21H,2,5,12-13H2,1H3,(H,22,24)(H,23,25). The van der Waals surface area contributed by atoms with Gasteiger partial charge in [0.1, 0.15) is 0 Å². The van der Waals surface area contributed by atoms with Gasteiger partial charge < -0.3 is 16.0 Å². The Labute approximate surface area is 152 Å². The smallest absolute Gasteiger partial charge is 0.238 e. The van der Waals surface area contributed by atoms with Crippen LogP contribution >= 0.6 is 11.6 Å². The van der Waals surface area contributed by atoms with E-state index in [0.29, 0.717) is 29.4 Å². The molecule has 0 aromatic heterocycles. The van der Waals surface area contributed by atoms with Gasteiger partial charge in [-0.15, -0.1) is 0 Å². The summed E-state index contributed by atoms with van der Waals surface area (Å²) in [5.41, 5.74) is 2.34. The number of nitrogens with one attached hydrogen (secondary N) is 3. The molecule has 0 spiro atoms. The Hall–Kier alpha value is -2.37. The van der Waals surface area contributed by atoms with Gasteiger partial charge in [0.2, 0.25) is 11.8 Å². The van der Waals surface area contributed by atoms with E-state index in [-0.39, 0.29) is 18.4 Å². The molecule has 0 fully saturated rings. The van der Waals surface area contributed by atoms with E-state index in [1.54, 1.807) is 24.3 Å². The van der Waals surface area contributed by atoms with Gasteiger partial charge in [0, 0.05) is 29.4 Å². The summed E-state index contributed by atoms with van der Waals surface area (Å²) >= 11 is 6.07. The molecule has 132 valence electrons. The third kappa shape index (κ3) is 6.57. The quantitative estimate of drug-likeness (QED) is 0.671. The van der Waals surface area contributed by atoms with E-state index in [9.17, 15) is 9.59 Å². The van der Waals surface area contributed by atoms with Crippen molar-refractivity contribution in [3.63, 3.8) is 0 Å². The Morgan fingerprint density at radius 3 is 2.12 bits per heavy atom. The molecule has 0 atom stereocenters. The van der Waals surface area contributed by atoms with Crippen LogP contribution < -0.4 is 16.0 Å². The number of carbonyl (C=O) groups excluding carboxylic acids is 2. The average molecular weight is 360 g/mol. The van der Waals surface area contributed by atoms with Crippen LogP contribution in [0.15, 0.2) is 48.5 Å². The molecular weight excluding hydrogens is 338 g/mol. The minimum Gasteiger partial charge on any atom is -0.326 e. The maximum Gasteiger partial charge on any atom is 0.238 e. The molecular formula is C19H22ClN3O2. The second kappa shape index (κ2) is 9.81. The Morgan fingerprint density at radius 1 is 0.920 bits per heavy atom. The Morgan fingerprint density at radius 2 is 1.52 bits per heavy atom. The molecule has 0 heterocycles. The van der Waals surface area contributed by atoms with E-state index in [4.69, 9.17) is 11.6 Å². The first kappa shape index (κ1) is 19.0. The topological polar surface area (TPSA) is 70.2 Å². The van der Waals surface area contributed by atoms with E-state index in [0.717, 1.165) is 12.0 Å². The summed E-state index contributed by atoms with van der Waals surface area (Å²) in [4.78, 5) is 23.5. The Kier molecular flexibility index (Phi) is 7.44. The zero-order valence-electron chi connectivity index (χ0n) is 14.1. The lowest BCUT2D eigenvalue weighted by Crippen LogP contribution is -2.27. The van der Waals surface area contributed by atoms with Crippen LogP contribution in [-0.2, 0) is 16.1 Å². The fraction of sp³-hybridized carbons (Fsp3) is 0.263. The number of benzene rings is 2. The lowest BCUT2D eigenvalue weighted by molar-refractivity contribution is -0.116. The van der Waals surface area contributed by atoms with Crippen LogP contribution in [0.2, 0.25) is 5.02 Å². The normalized spacial score (nSPS) is 10.3. The highest BCUT2D eigenvalue weighted by atomic mass is 35.5. The molecule has 5 nitrogen and oxygen atoms in total. The van der Waals surface area contributed by atoms with Crippen LogP contribution in [0.3, 0.4) is 0 Å². The lowest BCUT2D eigenvalue weighted by atomic mass is 10.2. The van der Waals surface area contributed by atoms with Crippen LogP contribution in [0.1, 0.15) is 25.3 Å². The second-order valence-electron chi connectivity index (χ2n) is 5.62. The van der Waals surface area contributed by atoms with Crippen molar-refractivity contribution < 1.29 is 9.59 Å². The highest BCUT2D eigenvalue weighted by Crippen LogP contribution is 2.15. The third-order valence-corrected chi connectivity index (χ3v) is 3.86. The van der Waals surface area contributed by atoms with Crippen LogP contribution in [0, 0.1) is 0 Å². The Bertz CT molecular complexity index is 717. The zero-order valence-corrected chi connectivity index (χ0v) is 14.9. The van der Waals surface area contributed by atoms with Crippen molar-refractivity contribution in [2.45, 2.75) is 26.3 Å². The summed E-state index contributed by atoms with van der Waals surface area (Å²) in [6.45, 7) is 2.66. The molecule has 2 aromatic rings. The van der Waals surface area contributed by atoms with Crippen molar-refractivity contribution in [3.8, 4) is 0 Å². The molecule has 3 N–H and O–H groups in total. The number of hydrogen-bond acceptors (Lipinski definition) is 3. The van der Waals surface area contributed by atoms with Gasteiger partial charge in [0.25, 0.3) is 0 Å². The van der Waals surface area contributed by atoms with Crippen molar-refractivity contribution in [1.82, 2.24) is 5.32 Å². The van der Waals surface area contributed by atoms with Crippen molar-refractivity contribution in [3.05, 3.63) is 59.1 Å². The highest BCUT2D eigenvalue weighted by molar-refractivity contribution is 6.31. The predicted octanol–water partition coefficient (Wildman–Crippen LogP) is 3.81. The highest BCUT2D eigenvalue weighted by Gasteiger charge is 2.05. The maximum atomic E-state index is 12.0. The molecule has 6 heteroatoms. The molecule has 0 aliphatic carbocycles. The molecule has 0 bridgehead atoms. The molecule has 2 rings (SSSR count). The number of halogens is 1. The van der Waals surface area contributed by atoms with Crippen LogP contribution in [0.5, 0.6) is 0 Å². The minimum atomic E-state index is -0.144. The van der Waals surface area contributed by atoms with Gasteiger partial charge in [-0.2, -0.15) is 0 Å². The van der Waals surface area contributed by atoms with Crippen LogP contribution in [0.25, 0.3) is 0 Å². The number of amides is 2. The molecule has 0 aliphatic rings. The number of hydrogen-bond donors (Lipinski definition) is 3. The Balaban J connectivity index is 1.76. The summed E-state index contributed by atoms with van der Waals surface area (Å²) in [5.74, 6) is -0.155. The molecule has 0 saturated heterocycles. The summed E-state index contributed by atoms with van der Waals surface area (Å²) in [6, 6.07) is 14.6. The summed E-state index contributed by atoms with van der Waals surface area (Å²) in [7, 11) is 0. The first-order valence-electron chi connectivity index (χ1n) is 8.22. The van der Waals surface area contributed by atoms with E-state index >= 15 is 0 Å². The summed E-state index contributed by atoms with van der Waals surface area (Å²) in [6.07, 6.45) is 1.30. The second-order valence-corrected chi connectivity index (χ2v) is 6.03. The van der Waals surface area contributed by atoms with E-state index < -0.39 is 0 Å². The molecule has 2 amide bonds. The van der Waals surface area contributed by atoms with Gasteiger partial charge in [0.05, 0.1) is 6.54 Å². The van der Waals surface area contributed by atoms with Crippen molar-refractivity contribution in [1.29, 1.82) is 0 Å². The van der Waals surface area contributed by atoms with Gasteiger partial charge in [-0.05, 0) is 42.3 Å².